The molecule has 1 aliphatic rings. The molecule has 0 saturated carbocycles. The van der Waals surface area contributed by atoms with E-state index in [0.717, 1.165) is 23.6 Å². The van der Waals surface area contributed by atoms with Gasteiger partial charge in [-0.3, -0.25) is 4.90 Å². The quantitative estimate of drug-likeness (QED) is 0.720. The molecule has 5 nitrogen and oxygen atoms in total. The molecule has 0 radical (unpaired) electrons. The number of rotatable bonds is 5. The second-order valence-electron chi connectivity index (χ2n) is 5.74. The molecule has 1 aromatic carbocycles. The first-order valence-corrected chi connectivity index (χ1v) is 8.45. The van der Waals surface area contributed by atoms with E-state index in [0.29, 0.717) is 18.3 Å². The Hall–Kier alpha value is -2.18. The number of nitrogens with zero attached hydrogens (tertiary/aromatic N) is 3. The number of aromatic nitrogens is 2. The van der Waals surface area contributed by atoms with Crippen LogP contribution in [-0.2, 0) is 13.0 Å². The van der Waals surface area contributed by atoms with Gasteiger partial charge in [0.05, 0.1) is 11.4 Å². The highest BCUT2D eigenvalue weighted by molar-refractivity contribution is 7.13. The molecule has 1 atom stereocenters. The Morgan fingerprint density at radius 1 is 1.26 bits per heavy atom. The number of hydrogen-bond acceptors (Lipinski definition) is 6. The van der Waals surface area contributed by atoms with Gasteiger partial charge in [0.1, 0.15) is 11.9 Å². The molecule has 0 aliphatic carbocycles. The predicted octanol–water partition coefficient (Wildman–Crippen LogP) is 3.23. The molecule has 2 aromatic heterocycles. The van der Waals surface area contributed by atoms with Crippen molar-refractivity contribution in [3.8, 4) is 16.5 Å². The van der Waals surface area contributed by atoms with E-state index in [9.17, 15) is 0 Å². The Morgan fingerprint density at radius 3 is 3.00 bits per heavy atom. The lowest BCUT2D eigenvalue weighted by Gasteiger charge is -2.18. The van der Waals surface area contributed by atoms with Gasteiger partial charge >= 0.3 is 0 Å². The Labute approximate surface area is 138 Å². The van der Waals surface area contributed by atoms with Crippen molar-refractivity contribution in [2.45, 2.75) is 19.1 Å². The maximum absolute atomic E-state index is 5.97. The average molecular weight is 327 g/mol. The van der Waals surface area contributed by atoms with E-state index < -0.39 is 0 Å². The van der Waals surface area contributed by atoms with Crippen molar-refractivity contribution in [3.63, 3.8) is 0 Å². The summed E-state index contributed by atoms with van der Waals surface area (Å²) in [5, 5.41) is 6.05. The molecule has 118 valence electrons. The number of likely N-dealkylation sites (N-methyl/N-ethyl adjacent to an activating group) is 1. The number of ether oxygens (including phenoxy) is 1. The van der Waals surface area contributed by atoms with Crippen molar-refractivity contribution in [3.05, 3.63) is 53.2 Å². The van der Waals surface area contributed by atoms with E-state index in [1.54, 1.807) is 11.3 Å². The van der Waals surface area contributed by atoms with E-state index in [4.69, 9.17) is 9.26 Å². The molecule has 0 N–H and O–H groups in total. The number of benzene rings is 1. The first-order valence-electron chi connectivity index (χ1n) is 7.57. The smallest absolute Gasteiger partial charge is 0.241 e. The summed E-state index contributed by atoms with van der Waals surface area (Å²) in [6, 6.07) is 12.2. The molecule has 6 heteroatoms. The fourth-order valence-corrected chi connectivity index (χ4v) is 3.47. The molecule has 0 amide bonds. The van der Waals surface area contributed by atoms with Crippen molar-refractivity contribution in [2.24, 2.45) is 0 Å². The summed E-state index contributed by atoms with van der Waals surface area (Å²) in [6.07, 6.45) is 1.13. The standard InChI is InChI=1S/C17H17N3O2S/c1-20(10-13-9-12-5-2-3-6-14(12)21-13)11-16-18-17(19-22-16)15-7-4-8-23-15/h2-8,13H,9-11H2,1H3. The Morgan fingerprint density at radius 2 is 2.17 bits per heavy atom. The van der Waals surface area contributed by atoms with Crippen LogP contribution in [0.2, 0.25) is 0 Å². The highest BCUT2D eigenvalue weighted by Crippen LogP contribution is 2.28. The maximum Gasteiger partial charge on any atom is 0.241 e. The predicted molar refractivity (Wildman–Crippen MR) is 88.5 cm³/mol. The first-order chi connectivity index (χ1) is 11.3. The minimum Gasteiger partial charge on any atom is -0.488 e. The van der Waals surface area contributed by atoms with Gasteiger partial charge in [0.15, 0.2) is 0 Å². The summed E-state index contributed by atoms with van der Waals surface area (Å²) in [5.41, 5.74) is 1.28. The lowest BCUT2D eigenvalue weighted by Crippen LogP contribution is -2.31. The molecule has 4 rings (SSSR count). The minimum absolute atomic E-state index is 0.178. The van der Waals surface area contributed by atoms with E-state index in [2.05, 4.69) is 27.2 Å². The molecule has 0 spiro atoms. The van der Waals surface area contributed by atoms with Crippen LogP contribution in [0.25, 0.3) is 10.7 Å². The van der Waals surface area contributed by atoms with E-state index in [-0.39, 0.29) is 6.10 Å². The van der Waals surface area contributed by atoms with Crippen LogP contribution in [0.15, 0.2) is 46.3 Å². The third kappa shape index (κ3) is 3.13. The molecule has 0 bridgehead atoms. The van der Waals surface area contributed by atoms with Crippen LogP contribution in [0.1, 0.15) is 11.5 Å². The molecular formula is C17H17N3O2S. The lowest BCUT2D eigenvalue weighted by molar-refractivity contribution is 0.155. The van der Waals surface area contributed by atoms with Gasteiger partial charge in [-0.15, -0.1) is 11.3 Å². The number of thiophene rings is 1. The monoisotopic (exact) mass is 327 g/mol. The summed E-state index contributed by atoms with van der Waals surface area (Å²) in [5.74, 6) is 2.29. The van der Waals surface area contributed by atoms with Crippen LogP contribution < -0.4 is 4.74 Å². The largest absolute Gasteiger partial charge is 0.488 e. The van der Waals surface area contributed by atoms with E-state index in [1.165, 1.54) is 5.56 Å². The molecule has 0 fully saturated rings. The van der Waals surface area contributed by atoms with Gasteiger partial charge in [-0.2, -0.15) is 4.98 Å². The summed E-state index contributed by atoms with van der Waals surface area (Å²) in [6.45, 7) is 1.44. The average Bonchev–Trinajstić information content (AvgIpc) is 3.26. The van der Waals surface area contributed by atoms with Gasteiger partial charge in [0.25, 0.3) is 0 Å². The number of para-hydroxylation sites is 1. The van der Waals surface area contributed by atoms with Gasteiger partial charge in [-0.25, -0.2) is 0 Å². The van der Waals surface area contributed by atoms with Crippen LogP contribution in [0.4, 0.5) is 0 Å². The number of fused-ring (bicyclic) bond motifs is 1. The summed E-state index contributed by atoms with van der Waals surface area (Å²) in [4.78, 5) is 7.64. The van der Waals surface area contributed by atoms with Crippen LogP contribution >= 0.6 is 11.3 Å². The zero-order valence-corrected chi connectivity index (χ0v) is 13.6. The second-order valence-corrected chi connectivity index (χ2v) is 6.69. The van der Waals surface area contributed by atoms with Gasteiger partial charge in [-0.05, 0) is 30.1 Å². The first kappa shape index (κ1) is 14.4. The third-order valence-corrected chi connectivity index (χ3v) is 4.71. The normalized spacial score (nSPS) is 16.5. The molecule has 1 aliphatic heterocycles. The molecule has 3 heterocycles. The zero-order chi connectivity index (χ0) is 15.6. The van der Waals surface area contributed by atoms with E-state index >= 15 is 0 Å². The Kier molecular flexibility index (Phi) is 3.85. The summed E-state index contributed by atoms with van der Waals surface area (Å²) < 4.78 is 11.3. The highest BCUT2D eigenvalue weighted by atomic mass is 32.1. The van der Waals surface area contributed by atoms with Crippen LogP contribution in [0.3, 0.4) is 0 Å². The molecule has 0 saturated heterocycles. The maximum atomic E-state index is 5.97. The van der Waals surface area contributed by atoms with E-state index in [1.807, 2.05) is 36.7 Å². The fraction of sp³-hybridized carbons (Fsp3) is 0.294. The van der Waals surface area contributed by atoms with Crippen molar-refractivity contribution in [1.82, 2.24) is 15.0 Å². The van der Waals surface area contributed by atoms with Gasteiger partial charge in [0.2, 0.25) is 11.7 Å². The Balaban J connectivity index is 1.35. The lowest BCUT2D eigenvalue weighted by atomic mass is 10.1. The molecule has 23 heavy (non-hydrogen) atoms. The minimum atomic E-state index is 0.178. The highest BCUT2D eigenvalue weighted by Gasteiger charge is 2.24. The van der Waals surface area contributed by atoms with Gasteiger partial charge in [0, 0.05) is 13.0 Å². The SMILES string of the molecule is CN(Cc1nc(-c2cccs2)no1)CC1Cc2ccccc2O1. The second kappa shape index (κ2) is 6.14. The fourth-order valence-electron chi connectivity index (χ4n) is 2.82. The molecular weight excluding hydrogens is 310 g/mol. The summed E-state index contributed by atoms with van der Waals surface area (Å²) >= 11 is 1.61. The third-order valence-electron chi connectivity index (χ3n) is 3.84. The molecule has 3 aromatic rings. The van der Waals surface area contributed by atoms with Crippen LogP contribution in [0.5, 0.6) is 5.75 Å². The number of hydrogen-bond donors (Lipinski definition) is 0. The zero-order valence-electron chi connectivity index (χ0n) is 12.8. The van der Waals surface area contributed by atoms with Crippen molar-refractivity contribution < 1.29 is 9.26 Å². The topological polar surface area (TPSA) is 51.4 Å². The molecule has 1 unspecified atom stereocenters. The van der Waals surface area contributed by atoms with Gasteiger partial charge in [-0.1, -0.05) is 29.4 Å². The van der Waals surface area contributed by atoms with Crippen molar-refractivity contribution in [1.29, 1.82) is 0 Å². The van der Waals surface area contributed by atoms with Crippen molar-refractivity contribution in [2.75, 3.05) is 13.6 Å². The Bertz CT molecular complexity index is 760. The summed E-state index contributed by atoms with van der Waals surface area (Å²) in [7, 11) is 2.04. The van der Waals surface area contributed by atoms with Gasteiger partial charge < -0.3 is 9.26 Å². The van der Waals surface area contributed by atoms with Crippen LogP contribution in [-0.4, -0.2) is 34.7 Å². The van der Waals surface area contributed by atoms with Crippen LogP contribution in [0, 0.1) is 0 Å². The van der Waals surface area contributed by atoms with Crippen molar-refractivity contribution >= 4 is 11.3 Å².